The molecule has 0 spiro atoms. The van der Waals surface area contributed by atoms with Crippen molar-refractivity contribution in [3.8, 4) is 0 Å². The van der Waals surface area contributed by atoms with E-state index in [1.54, 1.807) is 0 Å². The van der Waals surface area contributed by atoms with Crippen molar-refractivity contribution in [2.45, 2.75) is 83.1 Å². The first-order chi connectivity index (χ1) is 14.5. The lowest BCUT2D eigenvalue weighted by molar-refractivity contribution is -0.119. The second-order valence-corrected chi connectivity index (χ2v) is 9.57. The quantitative estimate of drug-likeness (QED) is 0.660. The van der Waals surface area contributed by atoms with Crippen molar-refractivity contribution in [2.24, 2.45) is 0 Å². The van der Waals surface area contributed by atoms with Crippen LogP contribution < -0.4 is 5.32 Å². The number of fused-ring (bicyclic) bond motifs is 1. The highest BCUT2D eigenvalue weighted by molar-refractivity contribution is 7.99. The lowest BCUT2D eigenvalue weighted by Gasteiger charge is -2.20. The van der Waals surface area contributed by atoms with Gasteiger partial charge in [0, 0.05) is 12.3 Å². The molecule has 0 radical (unpaired) electrons. The maximum absolute atomic E-state index is 12.6. The number of ether oxygens (including phenoxy) is 1. The number of rotatable bonds is 7. The van der Waals surface area contributed by atoms with Crippen LogP contribution in [0.4, 0.5) is 0 Å². The number of hydrogen-bond acceptors (Lipinski definition) is 4. The largest absolute Gasteiger partial charge is 0.376 e. The molecule has 1 fully saturated rings. The van der Waals surface area contributed by atoms with E-state index in [4.69, 9.17) is 9.72 Å². The molecule has 1 aromatic heterocycles. The standard InChI is InChI=1S/C24H33N3O2S/c1-16-18(3)27(14-22-9-6-12-29-22)24(26-16)30-15-23(28)25-17(2)20-11-10-19-7-4-5-8-21(19)13-20/h10-11,13,17,22H,4-9,12,14-15H2,1-3H3,(H,25,28)/t17-,22-/m1/s1. The summed E-state index contributed by atoms with van der Waals surface area (Å²) >= 11 is 1.52. The summed E-state index contributed by atoms with van der Waals surface area (Å²) in [5.74, 6) is 0.420. The molecular weight excluding hydrogens is 394 g/mol. The van der Waals surface area contributed by atoms with Crippen LogP contribution in [0, 0.1) is 13.8 Å². The van der Waals surface area contributed by atoms with Gasteiger partial charge in [-0.15, -0.1) is 0 Å². The number of benzene rings is 1. The van der Waals surface area contributed by atoms with E-state index in [1.165, 1.54) is 47.7 Å². The van der Waals surface area contributed by atoms with Crippen LogP contribution in [0.5, 0.6) is 0 Å². The summed E-state index contributed by atoms with van der Waals surface area (Å²) in [7, 11) is 0. The van der Waals surface area contributed by atoms with Crippen molar-refractivity contribution in [1.82, 2.24) is 14.9 Å². The average Bonchev–Trinajstić information content (AvgIpc) is 3.36. The maximum atomic E-state index is 12.6. The van der Waals surface area contributed by atoms with E-state index < -0.39 is 0 Å². The predicted octanol–water partition coefficient (Wildman–Crippen LogP) is 4.53. The van der Waals surface area contributed by atoms with E-state index in [-0.39, 0.29) is 18.1 Å². The molecule has 1 aromatic carbocycles. The van der Waals surface area contributed by atoms with E-state index in [2.05, 4.69) is 41.9 Å². The van der Waals surface area contributed by atoms with Crippen molar-refractivity contribution in [3.63, 3.8) is 0 Å². The van der Waals surface area contributed by atoms with Crippen molar-refractivity contribution in [3.05, 3.63) is 46.3 Å². The number of aromatic nitrogens is 2. The Labute approximate surface area is 184 Å². The van der Waals surface area contributed by atoms with Gasteiger partial charge in [-0.2, -0.15) is 0 Å². The zero-order chi connectivity index (χ0) is 21.1. The highest BCUT2D eigenvalue weighted by atomic mass is 32.2. The first kappa shape index (κ1) is 21.4. The Morgan fingerprint density at radius 3 is 2.83 bits per heavy atom. The van der Waals surface area contributed by atoms with Crippen molar-refractivity contribution < 1.29 is 9.53 Å². The van der Waals surface area contributed by atoms with Gasteiger partial charge in [0.1, 0.15) is 0 Å². The molecule has 0 saturated carbocycles. The molecular formula is C24H33N3O2S. The molecule has 2 aliphatic rings. The van der Waals surface area contributed by atoms with Gasteiger partial charge in [-0.05, 0) is 76.0 Å². The van der Waals surface area contributed by atoms with Crippen molar-refractivity contribution in [1.29, 1.82) is 0 Å². The summed E-state index contributed by atoms with van der Waals surface area (Å²) in [5, 5.41) is 4.08. The Morgan fingerprint density at radius 1 is 1.27 bits per heavy atom. The third kappa shape index (κ3) is 4.92. The van der Waals surface area contributed by atoms with Crippen molar-refractivity contribution in [2.75, 3.05) is 12.4 Å². The van der Waals surface area contributed by atoms with Crippen molar-refractivity contribution >= 4 is 17.7 Å². The summed E-state index contributed by atoms with van der Waals surface area (Å²) in [6.45, 7) is 7.87. The topological polar surface area (TPSA) is 56.2 Å². The fourth-order valence-corrected chi connectivity index (χ4v) is 5.37. The number of aryl methyl sites for hydroxylation is 3. The van der Waals surface area contributed by atoms with Crippen LogP contribution in [0.2, 0.25) is 0 Å². The molecule has 6 heteroatoms. The van der Waals surface area contributed by atoms with Gasteiger partial charge >= 0.3 is 0 Å². The molecule has 5 nitrogen and oxygen atoms in total. The first-order valence-corrected chi connectivity index (χ1v) is 12.2. The van der Waals surface area contributed by atoms with Gasteiger partial charge in [0.15, 0.2) is 5.16 Å². The Balaban J connectivity index is 1.35. The number of hydrogen-bond donors (Lipinski definition) is 1. The lowest BCUT2D eigenvalue weighted by Crippen LogP contribution is -2.28. The molecule has 2 heterocycles. The number of nitrogens with one attached hydrogen (secondary N) is 1. The van der Waals surface area contributed by atoms with Crippen LogP contribution in [-0.2, 0) is 28.9 Å². The third-order valence-corrected chi connectivity index (χ3v) is 7.39. The van der Waals surface area contributed by atoms with Gasteiger partial charge in [-0.1, -0.05) is 30.0 Å². The van der Waals surface area contributed by atoms with E-state index in [9.17, 15) is 4.79 Å². The minimum atomic E-state index is 0.0143. The summed E-state index contributed by atoms with van der Waals surface area (Å²) in [5.41, 5.74) is 6.31. The predicted molar refractivity (Wildman–Crippen MR) is 121 cm³/mol. The SMILES string of the molecule is Cc1nc(SCC(=O)N[C@H](C)c2ccc3c(c2)CCCC3)n(C[C@H]2CCCO2)c1C. The zero-order valence-corrected chi connectivity index (χ0v) is 19.2. The van der Waals surface area contributed by atoms with Gasteiger partial charge in [-0.3, -0.25) is 4.79 Å². The molecule has 1 aliphatic heterocycles. The second kappa shape index (κ2) is 9.56. The van der Waals surface area contributed by atoms with Crippen LogP contribution in [0.25, 0.3) is 0 Å². The molecule has 2 aromatic rings. The number of carbonyl (C=O) groups excluding carboxylic acids is 1. The van der Waals surface area contributed by atoms with Crippen LogP contribution in [-0.4, -0.2) is 33.9 Å². The number of imidazole rings is 1. The second-order valence-electron chi connectivity index (χ2n) is 8.62. The normalized spacial score (nSPS) is 19.5. The molecule has 1 N–H and O–H groups in total. The van der Waals surface area contributed by atoms with Gasteiger partial charge in [0.2, 0.25) is 5.91 Å². The molecule has 1 amide bonds. The molecule has 1 saturated heterocycles. The van der Waals surface area contributed by atoms with E-state index in [0.29, 0.717) is 5.75 Å². The zero-order valence-electron chi connectivity index (χ0n) is 18.4. The van der Waals surface area contributed by atoms with Gasteiger partial charge in [0.05, 0.1) is 30.1 Å². The first-order valence-electron chi connectivity index (χ1n) is 11.2. The molecule has 4 rings (SSSR count). The molecule has 162 valence electrons. The van der Waals surface area contributed by atoms with Crippen LogP contribution in [0.15, 0.2) is 23.4 Å². The van der Waals surface area contributed by atoms with Crippen LogP contribution in [0.3, 0.4) is 0 Å². The van der Waals surface area contributed by atoms with E-state index in [0.717, 1.165) is 49.0 Å². The third-order valence-electron chi connectivity index (χ3n) is 6.42. The summed E-state index contributed by atoms with van der Waals surface area (Å²) in [6, 6.07) is 6.71. The fraction of sp³-hybridized carbons (Fsp3) is 0.583. The number of nitrogens with zero attached hydrogens (tertiary/aromatic N) is 2. The Morgan fingerprint density at radius 2 is 2.07 bits per heavy atom. The van der Waals surface area contributed by atoms with Gasteiger partial charge in [-0.25, -0.2) is 4.98 Å². The Hall–Kier alpha value is -1.79. The molecule has 2 atom stereocenters. The van der Waals surface area contributed by atoms with Crippen LogP contribution in [0.1, 0.15) is 66.7 Å². The summed E-state index contributed by atoms with van der Waals surface area (Å²) in [4.78, 5) is 17.3. The van der Waals surface area contributed by atoms with Crippen LogP contribution >= 0.6 is 11.8 Å². The number of carbonyl (C=O) groups is 1. The minimum absolute atomic E-state index is 0.0143. The van der Waals surface area contributed by atoms with E-state index >= 15 is 0 Å². The van der Waals surface area contributed by atoms with E-state index in [1.807, 2.05) is 6.92 Å². The summed E-state index contributed by atoms with van der Waals surface area (Å²) < 4.78 is 8.02. The smallest absolute Gasteiger partial charge is 0.230 e. The Kier molecular flexibility index (Phi) is 6.84. The highest BCUT2D eigenvalue weighted by Gasteiger charge is 2.21. The number of amides is 1. The monoisotopic (exact) mass is 427 g/mol. The fourth-order valence-electron chi connectivity index (χ4n) is 4.46. The van der Waals surface area contributed by atoms with Gasteiger partial charge in [0.25, 0.3) is 0 Å². The Bertz CT molecular complexity index is 902. The molecule has 0 unspecified atom stereocenters. The molecule has 30 heavy (non-hydrogen) atoms. The average molecular weight is 428 g/mol. The highest BCUT2D eigenvalue weighted by Crippen LogP contribution is 2.26. The maximum Gasteiger partial charge on any atom is 0.230 e. The lowest BCUT2D eigenvalue weighted by atomic mass is 9.89. The van der Waals surface area contributed by atoms with Gasteiger partial charge < -0.3 is 14.6 Å². The molecule has 1 aliphatic carbocycles. The molecule has 0 bridgehead atoms. The summed E-state index contributed by atoms with van der Waals surface area (Å²) in [6.07, 6.45) is 7.38. The number of thioether (sulfide) groups is 1. The minimum Gasteiger partial charge on any atom is -0.376 e.